The van der Waals surface area contributed by atoms with Gasteiger partial charge in [-0.2, -0.15) is 4.68 Å². The highest BCUT2D eigenvalue weighted by Crippen LogP contribution is 2.26. The molecule has 3 aromatic rings. The van der Waals surface area contributed by atoms with Gasteiger partial charge in [0.1, 0.15) is 5.82 Å². The lowest BCUT2D eigenvalue weighted by Crippen LogP contribution is -2.01. The molecule has 0 bridgehead atoms. The molecule has 2 N–H and O–H groups in total. The normalized spacial score (nSPS) is 10.8. The van der Waals surface area contributed by atoms with Gasteiger partial charge < -0.3 is 5.73 Å². The van der Waals surface area contributed by atoms with Crippen LogP contribution in [0.1, 0.15) is 5.56 Å². The molecular formula is C14H11ClFN5. The highest BCUT2D eigenvalue weighted by Gasteiger charge is 2.14. The first-order valence-electron chi connectivity index (χ1n) is 6.16. The minimum Gasteiger partial charge on any atom is -0.398 e. The molecule has 7 heteroatoms. The van der Waals surface area contributed by atoms with Crippen LogP contribution in [0.15, 0.2) is 36.4 Å². The van der Waals surface area contributed by atoms with Gasteiger partial charge in [-0.1, -0.05) is 11.6 Å². The van der Waals surface area contributed by atoms with Crippen LogP contribution in [0.5, 0.6) is 0 Å². The highest BCUT2D eigenvalue weighted by atomic mass is 35.5. The molecular weight excluding hydrogens is 293 g/mol. The Hall–Kier alpha value is -2.47. The molecule has 0 spiro atoms. The lowest BCUT2D eigenvalue weighted by atomic mass is 10.1. The second kappa shape index (κ2) is 5.14. The van der Waals surface area contributed by atoms with E-state index in [1.165, 1.54) is 10.7 Å². The number of rotatable bonds is 2. The Balaban J connectivity index is 2.13. The summed E-state index contributed by atoms with van der Waals surface area (Å²) in [5.74, 6) is 0.0126. The number of nitrogen functional groups attached to an aromatic ring is 1. The summed E-state index contributed by atoms with van der Waals surface area (Å²) in [4.78, 5) is 0. The van der Waals surface area contributed by atoms with Crippen LogP contribution in [0.2, 0.25) is 5.02 Å². The molecule has 0 aliphatic heterocycles. The highest BCUT2D eigenvalue weighted by molar-refractivity contribution is 6.30. The summed E-state index contributed by atoms with van der Waals surface area (Å²) in [6.45, 7) is 1.62. The molecule has 5 nitrogen and oxygen atoms in total. The van der Waals surface area contributed by atoms with Crippen LogP contribution in [-0.2, 0) is 0 Å². The molecule has 1 heterocycles. The van der Waals surface area contributed by atoms with E-state index in [4.69, 9.17) is 17.3 Å². The Kier molecular flexibility index (Phi) is 3.31. The van der Waals surface area contributed by atoms with Crippen molar-refractivity contribution in [3.63, 3.8) is 0 Å². The summed E-state index contributed by atoms with van der Waals surface area (Å²) in [6, 6.07) is 10.0. The van der Waals surface area contributed by atoms with E-state index >= 15 is 0 Å². The van der Waals surface area contributed by atoms with Crippen LogP contribution in [0.4, 0.5) is 10.1 Å². The van der Waals surface area contributed by atoms with Crippen LogP contribution in [0.3, 0.4) is 0 Å². The molecule has 0 aliphatic rings. The zero-order chi connectivity index (χ0) is 15.0. The maximum atomic E-state index is 13.8. The van der Waals surface area contributed by atoms with E-state index in [0.29, 0.717) is 27.7 Å². The van der Waals surface area contributed by atoms with Gasteiger partial charge in [0.25, 0.3) is 0 Å². The summed E-state index contributed by atoms with van der Waals surface area (Å²) in [5, 5.41) is 12.1. The predicted molar refractivity (Wildman–Crippen MR) is 78.7 cm³/mol. The molecule has 0 unspecified atom stereocenters. The number of halogens is 2. The van der Waals surface area contributed by atoms with E-state index in [-0.39, 0.29) is 0 Å². The fourth-order valence-electron chi connectivity index (χ4n) is 1.95. The largest absolute Gasteiger partial charge is 0.398 e. The fourth-order valence-corrected chi connectivity index (χ4v) is 2.08. The molecule has 106 valence electrons. The van der Waals surface area contributed by atoms with Crippen LogP contribution < -0.4 is 5.73 Å². The van der Waals surface area contributed by atoms with Crippen molar-refractivity contribution < 1.29 is 4.39 Å². The van der Waals surface area contributed by atoms with Gasteiger partial charge in [-0.25, -0.2) is 4.39 Å². The van der Waals surface area contributed by atoms with Gasteiger partial charge in [0.15, 0.2) is 5.82 Å². The van der Waals surface area contributed by atoms with Crippen LogP contribution in [0.25, 0.3) is 17.1 Å². The van der Waals surface area contributed by atoms with Crippen molar-refractivity contribution in [2.24, 2.45) is 0 Å². The van der Waals surface area contributed by atoms with Crippen molar-refractivity contribution in [3.05, 3.63) is 52.8 Å². The van der Waals surface area contributed by atoms with Crippen molar-refractivity contribution in [1.29, 1.82) is 0 Å². The van der Waals surface area contributed by atoms with Crippen LogP contribution in [-0.4, -0.2) is 20.2 Å². The molecule has 3 rings (SSSR count). The summed E-state index contributed by atoms with van der Waals surface area (Å²) < 4.78 is 15.3. The van der Waals surface area contributed by atoms with E-state index in [1.54, 1.807) is 37.3 Å². The topological polar surface area (TPSA) is 69.6 Å². The van der Waals surface area contributed by atoms with Crippen molar-refractivity contribution >= 4 is 17.3 Å². The molecule has 0 saturated heterocycles. The van der Waals surface area contributed by atoms with Gasteiger partial charge in [0, 0.05) is 21.8 Å². The number of hydrogen-bond donors (Lipinski definition) is 1. The first-order valence-corrected chi connectivity index (χ1v) is 6.54. The molecule has 0 saturated carbocycles. The zero-order valence-corrected chi connectivity index (χ0v) is 11.8. The quantitative estimate of drug-likeness (QED) is 0.739. The number of benzene rings is 2. The zero-order valence-electron chi connectivity index (χ0n) is 11.1. The van der Waals surface area contributed by atoms with Crippen molar-refractivity contribution in [2.75, 3.05) is 5.73 Å². The van der Waals surface area contributed by atoms with Gasteiger partial charge in [-0.3, -0.25) is 0 Å². The number of nitrogens with zero attached hydrogens (tertiary/aromatic N) is 4. The third kappa shape index (κ3) is 2.45. The van der Waals surface area contributed by atoms with E-state index in [9.17, 15) is 4.39 Å². The van der Waals surface area contributed by atoms with Gasteiger partial charge in [0.2, 0.25) is 0 Å². The van der Waals surface area contributed by atoms with Crippen LogP contribution in [0, 0.1) is 12.7 Å². The summed E-state index contributed by atoms with van der Waals surface area (Å²) in [6.07, 6.45) is 0. The molecule has 0 aliphatic carbocycles. The Morgan fingerprint density at radius 1 is 1.19 bits per heavy atom. The maximum absolute atomic E-state index is 13.8. The monoisotopic (exact) mass is 303 g/mol. The van der Waals surface area contributed by atoms with Gasteiger partial charge in [-0.15, -0.1) is 5.10 Å². The van der Waals surface area contributed by atoms with Crippen molar-refractivity contribution in [1.82, 2.24) is 20.2 Å². The predicted octanol–water partition coefficient (Wildman–Crippen LogP) is 3.01. The Morgan fingerprint density at radius 2 is 1.90 bits per heavy atom. The summed E-state index contributed by atoms with van der Waals surface area (Å²) in [7, 11) is 0. The second-order valence-corrected chi connectivity index (χ2v) is 5.00. The average Bonchev–Trinajstić information content (AvgIpc) is 2.94. The SMILES string of the molecule is Cc1c(N)cc(-c2nnnn2-c2ccc(Cl)cc2)cc1F. The number of hydrogen-bond acceptors (Lipinski definition) is 4. The fraction of sp³-hybridized carbons (Fsp3) is 0.0714. The Morgan fingerprint density at radius 3 is 2.57 bits per heavy atom. The smallest absolute Gasteiger partial charge is 0.187 e. The Labute approximate surface area is 125 Å². The van der Waals surface area contributed by atoms with Gasteiger partial charge in [-0.05, 0) is 53.7 Å². The number of nitrogens with two attached hydrogens (primary N) is 1. The lowest BCUT2D eigenvalue weighted by Gasteiger charge is -2.07. The lowest BCUT2D eigenvalue weighted by molar-refractivity contribution is 0.619. The molecule has 0 fully saturated rings. The average molecular weight is 304 g/mol. The van der Waals surface area contributed by atoms with Crippen molar-refractivity contribution in [3.8, 4) is 17.1 Å². The summed E-state index contributed by atoms with van der Waals surface area (Å²) >= 11 is 5.86. The third-order valence-electron chi connectivity index (χ3n) is 3.18. The first-order chi connectivity index (χ1) is 10.1. The van der Waals surface area contributed by atoms with E-state index in [2.05, 4.69) is 15.5 Å². The Bertz CT molecular complexity index is 774. The minimum atomic E-state index is -0.393. The number of tetrazole rings is 1. The van der Waals surface area contributed by atoms with Crippen molar-refractivity contribution in [2.45, 2.75) is 6.92 Å². The molecule has 21 heavy (non-hydrogen) atoms. The van der Waals surface area contributed by atoms with Crippen LogP contribution >= 0.6 is 11.6 Å². The van der Waals surface area contributed by atoms with E-state index in [1.807, 2.05) is 0 Å². The first kappa shape index (κ1) is 13.5. The number of aromatic nitrogens is 4. The molecule has 0 amide bonds. The van der Waals surface area contributed by atoms with Gasteiger partial charge >= 0.3 is 0 Å². The van der Waals surface area contributed by atoms with Gasteiger partial charge in [0.05, 0.1) is 5.69 Å². The summed E-state index contributed by atoms with van der Waals surface area (Å²) in [5.41, 5.74) is 7.80. The second-order valence-electron chi connectivity index (χ2n) is 4.56. The minimum absolute atomic E-state index is 0.357. The molecule has 0 atom stereocenters. The maximum Gasteiger partial charge on any atom is 0.187 e. The molecule has 0 radical (unpaired) electrons. The van der Waals surface area contributed by atoms with E-state index < -0.39 is 5.82 Å². The number of anilines is 1. The van der Waals surface area contributed by atoms with E-state index in [0.717, 1.165) is 5.69 Å². The standard InChI is InChI=1S/C14H11ClFN5/c1-8-12(16)6-9(7-13(8)17)14-18-19-20-21(14)11-4-2-10(15)3-5-11/h2-7H,17H2,1H3. The molecule has 2 aromatic carbocycles. The molecule has 1 aromatic heterocycles. The third-order valence-corrected chi connectivity index (χ3v) is 3.44.